The van der Waals surface area contributed by atoms with Gasteiger partial charge in [-0.15, -0.1) is 0 Å². The summed E-state index contributed by atoms with van der Waals surface area (Å²) in [7, 11) is 1.08. The van der Waals surface area contributed by atoms with Gasteiger partial charge in [-0.1, -0.05) is 26.3 Å². The van der Waals surface area contributed by atoms with Gasteiger partial charge in [0.25, 0.3) is 0 Å². The van der Waals surface area contributed by atoms with Crippen LogP contribution in [0, 0.1) is 0 Å². The quantitative estimate of drug-likeness (QED) is 0.607. The Balaban J connectivity index is 4.20. The first-order chi connectivity index (χ1) is 4.79. The summed E-state index contributed by atoms with van der Waals surface area (Å²) in [4.78, 5) is 3.37. The molecule has 0 aromatic rings. The van der Waals surface area contributed by atoms with Crippen molar-refractivity contribution in [3.63, 3.8) is 0 Å². The molecule has 0 saturated heterocycles. The molecule has 0 heterocycles. The minimum absolute atomic E-state index is 1.08. The Morgan fingerprint density at radius 1 is 1.10 bits per heavy atom. The van der Waals surface area contributed by atoms with Crippen molar-refractivity contribution in [2.75, 3.05) is 0 Å². The van der Waals surface area contributed by atoms with Crippen molar-refractivity contribution in [2.45, 2.75) is 40.0 Å². The molecule has 0 radical (unpaired) electrons. The molecule has 0 fully saturated rings. The van der Waals surface area contributed by atoms with Crippen LogP contribution < -0.4 is 4.98 Å². The Morgan fingerprint density at radius 2 is 1.60 bits per heavy atom. The average molecular weight is 157 g/mol. The summed E-state index contributed by atoms with van der Waals surface area (Å²) in [6.45, 7) is 6.67. The van der Waals surface area contributed by atoms with Gasteiger partial charge in [-0.2, -0.15) is 0 Å². The zero-order chi connectivity index (χ0) is 7.98. The normalized spacial score (nSPS) is 9.50. The minimum atomic E-state index is 1.08. The van der Waals surface area contributed by atoms with Crippen molar-refractivity contribution < 1.29 is 0 Å². The second-order valence-electron chi connectivity index (χ2n) is 2.39. The van der Waals surface area contributed by atoms with E-state index in [0.717, 1.165) is 10.4 Å². The van der Waals surface area contributed by atoms with Crippen LogP contribution in [0.5, 0.6) is 0 Å². The highest BCUT2D eigenvalue weighted by Gasteiger charge is 1.96. The maximum atomic E-state index is 3.37. The van der Waals surface area contributed by atoms with Gasteiger partial charge in [0.05, 0.1) is 0 Å². The number of rotatable bonds is 4. The van der Waals surface area contributed by atoms with Crippen molar-refractivity contribution in [3.8, 4) is 0 Å². The van der Waals surface area contributed by atoms with E-state index in [2.05, 4.69) is 25.8 Å². The second kappa shape index (κ2) is 5.53. The fourth-order valence-corrected chi connectivity index (χ4v) is 1.99. The van der Waals surface area contributed by atoms with Crippen molar-refractivity contribution in [2.24, 2.45) is 0 Å². The van der Waals surface area contributed by atoms with Gasteiger partial charge in [0.2, 0.25) is 0 Å². The summed E-state index contributed by atoms with van der Waals surface area (Å²) >= 11 is 0. The summed E-state index contributed by atoms with van der Waals surface area (Å²) in [6, 6.07) is 0. The first-order valence-corrected chi connectivity index (χ1v) is 5.18. The van der Waals surface area contributed by atoms with Gasteiger partial charge >= 0.3 is 0 Å². The largest absolute Gasteiger partial charge is 0.422 e. The van der Waals surface area contributed by atoms with Crippen LogP contribution in [-0.2, 0) is 0 Å². The highest BCUT2D eigenvalue weighted by Crippen LogP contribution is 2.12. The Morgan fingerprint density at radius 3 is 1.70 bits per heavy atom. The summed E-state index contributed by atoms with van der Waals surface area (Å²) in [6.07, 6.45) is 3.57. The Bertz CT molecular complexity index is 92.4. The standard InChI is InChI=1S/C8H19NSi/c1-4-7(5-2)8(6-3)9-10/h9H,4-6H2,1-3,10H3. The highest BCUT2D eigenvalue weighted by molar-refractivity contribution is 6.05. The number of nitrogens with one attached hydrogen (secondary N) is 1. The Labute approximate surface area is 67.4 Å². The van der Waals surface area contributed by atoms with Gasteiger partial charge in [-0.05, 0) is 19.3 Å². The maximum Gasteiger partial charge on any atom is 0.103 e. The van der Waals surface area contributed by atoms with Crippen LogP contribution in [0.1, 0.15) is 40.0 Å². The topological polar surface area (TPSA) is 12.0 Å². The zero-order valence-corrected chi connectivity index (χ0v) is 9.62. The fraction of sp³-hybridized carbons (Fsp3) is 0.750. The maximum absolute atomic E-state index is 3.37. The molecule has 1 N–H and O–H groups in total. The number of hydrogen-bond acceptors (Lipinski definition) is 1. The van der Waals surface area contributed by atoms with E-state index in [1.807, 2.05) is 0 Å². The van der Waals surface area contributed by atoms with E-state index < -0.39 is 0 Å². The lowest BCUT2D eigenvalue weighted by Gasteiger charge is -2.10. The molecule has 0 spiro atoms. The molecule has 0 aromatic heterocycles. The van der Waals surface area contributed by atoms with Crippen LogP contribution in [0.4, 0.5) is 0 Å². The van der Waals surface area contributed by atoms with E-state index in [1.165, 1.54) is 25.0 Å². The van der Waals surface area contributed by atoms with E-state index >= 15 is 0 Å². The summed E-state index contributed by atoms with van der Waals surface area (Å²) < 4.78 is 0. The Hall–Kier alpha value is -0.243. The van der Waals surface area contributed by atoms with E-state index in [-0.39, 0.29) is 0 Å². The van der Waals surface area contributed by atoms with Gasteiger partial charge in [0.15, 0.2) is 0 Å². The molecule has 0 aliphatic rings. The third kappa shape index (κ3) is 2.56. The van der Waals surface area contributed by atoms with Gasteiger partial charge in [0, 0.05) is 5.70 Å². The van der Waals surface area contributed by atoms with Crippen molar-refractivity contribution >= 4 is 10.4 Å². The number of allylic oxidation sites excluding steroid dienone is 2. The third-order valence-corrected chi connectivity index (χ3v) is 2.54. The predicted molar refractivity (Wildman–Crippen MR) is 51.0 cm³/mol. The molecule has 0 unspecified atom stereocenters. The molecule has 60 valence electrons. The highest BCUT2D eigenvalue weighted by atomic mass is 28.2. The molecule has 0 aliphatic carbocycles. The van der Waals surface area contributed by atoms with Crippen LogP contribution in [0.25, 0.3) is 0 Å². The Kier molecular flexibility index (Phi) is 5.40. The molecular weight excluding hydrogens is 138 g/mol. The van der Waals surface area contributed by atoms with Crippen LogP contribution in [-0.4, -0.2) is 10.4 Å². The molecule has 0 aliphatic heterocycles. The smallest absolute Gasteiger partial charge is 0.103 e. The van der Waals surface area contributed by atoms with Crippen molar-refractivity contribution in [1.82, 2.24) is 4.98 Å². The lowest BCUT2D eigenvalue weighted by molar-refractivity contribution is 0.874. The molecule has 0 aromatic carbocycles. The van der Waals surface area contributed by atoms with Crippen LogP contribution in [0.15, 0.2) is 11.3 Å². The molecule has 2 heteroatoms. The average Bonchev–Trinajstić information content (AvgIpc) is 2.00. The molecular formula is C8H19NSi. The first-order valence-electron chi connectivity index (χ1n) is 4.18. The van der Waals surface area contributed by atoms with Crippen molar-refractivity contribution in [3.05, 3.63) is 11.3 Å². The summed E-state index contributed by atoms with van der Waals surface area (Å²) in [5.41, 5.74) is 3.08. The molecule has 0 bridgehead atoms. The van der Waals surface area contributed by atoms with Crippen molar-refractivity contribution in [1.29, 1.82) is 0 Å². The zero-order valence-electron chi connectivity index (χ0n) is 7.62. The van der Waals surface area contributed by atoms with Gasteiger partial charge in [-0.25, -0.2) is 0 Å². The molecule has 0 rings (SSSR count). The SMILES string of the molecule is CCC(CC)=C(CC)N[SiH3]. The lowest BCUT2D eigenvalue weighted by Crippen LogP contribution is -2.09. The molecule has 0 atom stereocenters. The number of hydrogen-bond donors (Lipinski definition) is 1. The van der Waals surface area contributed by atoms with E-state index in [9.17, 15) is 0 Å². The molecule has 0 saturated carbocycles. The van der Waals surface area contributed by atoms with Gasteiger partial charge < -0.3 is 4.98 Å². The summed E-state index contributed by atoms with van der Waals surface area (Å²) in [5, 5.41) is 0. The minimum Gasteiger partial charge on any atom is -0.422 e. The molecule has 0 amide bonds. The first kappa shape index (κ1) is 9.76. The van der Waals surface area contributed by atoms with Crippen LogP contribution in [0.2, 0.25) is 0 Å². The lowest BCUT2D eigenvalue weighted by atomic mass is 10.1. The second-order valence-corrected chi connectivity index (χ2v) is 2.89. The monoisotopic (exact) mass is 157 g/mol. The summed E-state index contributed by atoms with van der Waals surface area (Å²) in [5.74, 6) is 0. The van der Waals surface area contributed by atoms with Gasteiger partial charge in [0.1, 0.15) is 10.4 Å². The van der Waals surface area contributed by atoms with E-state index in [0.29, 0.717) is 0 Å². The van der Waals surface area contributed by atoms with Gasteiger partial charge in [-0.3, -0.25) is 0 Å². The van der Waals surface area contributed by atoms with E-state index in [1.54, 1.807) is 5.57 Å². The molecule has 10 heavy (non-hydrogen) atoms. The van der Waals surface area contributed by atoms with Crippen LogP contribution in [0.3, 0.4) is 0 Å². The van der Waals surface area contributed by atoms with Crippen LogP contribution >= 0.6 is 0 Å². The predicted octanol–water partition coefficient (Wildman–Crippen LogP) is 1.34. The fourth-order valence-electron chi connectivity index (χ4n) is 1.28. The molecule has 1 nitrogen and oxygen atoms in total. The third-order valence-electron chi connectivity index (χ3n) is 1.94. The van der Waals surface area contributed by atoms with E-state index in [4.69, 9.17) is 0 Å².